The van der Waals surface area contributed by atoms with Crippen LogP contribution in [-0.2, 0) is 22.4 Å². The van der Waals surface area contributed by atoms with E-state index in [0.717, 1.165) is 30.7 Å². The standard InChI is InChI=1S/C13H23N5O2/c1-4-10-11(5-2)17-18-13(15-10)16-12(19)9(14)7-6-8-20-3/h9H,4-8,14H2,1-3H3,(H,15,16,18,19). The molecule has 1 amide bonds. The number of anilines is 1. The number of nitrogens with two attached hydrogens (primary N) is 1. The van der Waals surface area contributed by atoms with E-state index in [-0.39, 0.29) is 11.9 Å². The Morgan fingerprint density at radius 3 is 2.60 bits per heavy atom. The number of carbonyl (C=O) groups is 1. The summed E-state index contributed by atoms with van der Waals surface area (Å²) in [5, 5.41) is 10.6. The lowest BCUT2D eigenvalue weighted by Crippen LogP contribution is -2.36. The summed E-state index contributed by atoms with van der Waals surface area (Å²) in [6.45, 7) is 4.57. The molecule has 0 aromatic carbocycles. The van der Waals surface area contributed by atoms with Crippen molar-refractivity contribution in [3.05, 3.63) is 11.4 Å². The van der Waals surface area contributed by atoms with Crippen molar-refractivity contribution in [3.8, 4) is 0 Å². The van der Waals surface area contributed by atoms with E-state index in [1.54, 1.807) is 7.11 Å². The van der Waals surface area contributed by atoms with E-state index < -0.39 is 6.04 Å². The Hall–Kier alpha value is -1.60. The molecule has 1 atom stereocenters. The molecule has 0 aliphatic carbocycles. The van der Waals surface area contributed by atoms with Crippen LogP contribution in [0, 0.1) is 0 Å². The minimum absolute atomic E-state index is 0.214. The van der Waals surface area contributed by atoms with Gasteiger partial charge in [-0.3, -0.25) is 10.1 Å². The van der Waals surface area contributed by atoms with Gasteiger partial charge in [-0.2, -0.15) is 0 Å². The number of hydrogen-bond acceptors (Lipinski definition) is 6. The summed E-state index contributed by atoms with van der Waals surface area (Å²) in [6, 6.07) is -0.593. The van der Waals surface area contributed by atoms with Gasteiger partial charge in [-0.05, 0) is 25.7 Å². The summed E-state index contributed by atoms with van der Waals surface area (Å²) in [5.74, 6) is -0.0829. The Balaban J connectivity index is 2.61. The van der Waals surface area contributed by atoms with Crippen LogP contribution in [0.2, 0.25) is 0 Å². The number of methoxy groups -OCH3 is 1. The number of nitrogens with zero attached hydrogens (tertiary/aromatic N) is 3. The third kappa shape index (κ3) is 4.82. The zero-order valence-electron chi connectivity index (χ0n) is 12.3. The first-order valence-corrected chi connectivity index (χ1v) is 6.90. The predicted molar refractivity (Wildman–Crippen MR) is 76.3 cm³/mol. The molecular formula is C13H23N5O2. The molecule has 3 N–H and O–H groups in total. The molecule has 7 nitrogen and oxygen atoms in total. The van der Waals surface area contributed by atoms with Crippen molar-refractivity contribution in [2.75, 3.05) is 19.0 Å². The predicted octanol–water partition coefficient (Wildman–Crippen LogP) is 0.689. The molecule has 1 unspecified atom stereocenters. The van der Waals surface area contributed by atoms with E-state index in [0.29, 0.717) is 13.0 Å². The number of carbonyl (C=O) groups excluding carboxylic acids is 1. The Morgan fingerprint density at radius 2 is 2.00 bits per heavy atom. The topological polar surface area (TPSA) is 103 Å². The molecule has 1 aromatic rings. The number of amides is 1. The number of aromatic nitrogens is 3. The minimum atomic E-state index is -0.593. The van der Waals surface area contributed by atoms with Crippen molar-refractivity contribution in [2.24, 2.45) is 5.73 Å². The molecule has 1 aromatic heterocycles. The number of ether oxygens (including phenoxy) is 1. The summed E-state index contributed by atoms with van der Waals surface area (Å²) in [6.07, 6.45) is 2.81. The van der Waals surface area contributed by atoms with Gasteiger partial charge in [0.25, 0.3) is 0 Å². The number of hydrogen-bond donors (Lipinski definition) is 2. The fraction of sp³-hybridized carbons (Fsp3) is 0.692. The van der Waals surface area contributed by atoms with Gasteiger partial charge in [-0.25, -0.2) is 4.98 Å². The molecule has 7 heteroatoms. The van der Waals surface area contributed by atoms with Crippen LogP contribution in [0.5, 0.6) is 0 Å². The molecule has 20 heavy (non-hydrogen) atoms. The van der Waals surface area contributed by atoms with Gasteiger partial charge < -0.3 is 10.5 Å². The number of aryl methyl sites for hydroxylation is 2. The quantitative estimate of drug-likeness (QED) is 0.679. The molecule has 0 radical (unpaired) electrons. The number of nitrogens with one attached hydrogen (secondary N) is 1. The Labute approximate surface area is 119 Å². The number of rotatable bonds is 8. The maximum Gasteiger partial charge on any atom is 0.249 e. The van der Waals surface area contributed by atoms with Crippen molar-refractivity contribution < 1.29 is 9.53 Å². The van der Waals surface area contributed by atoms with Gasteiger partial charge in [0.05, 0.1) is 17.4 Å². The molecule has 1 heterocycles. The van der Waals surface area contributed by atoms with Crippen molar-refractivity contribution in [2.45, 2.75) is 45.6 Å². The van der Waals surface area contributed by atoms with E-state index in [4.69, 9.17) is 10.5 Å². The van der Waals surface area contributed by atoms with Gasteiger partial charge in [0.1, 0.15) is 0 Å². The van der Waals surface area contributed by atoms with Crippen LogP contribution in [0.15, 0.2) is 0 Å². The first kappa shape index (κ1) is 16.5. The van der Waals surface area contributed by atoms with Crippen molar-refractivity contribution in [1.82, 2.24) is 15.2 Å². The largest absolute Gasteiger partial charge is 0.385 e. The van der Waals surface area contributed by atoms with Crippen molar-refractivity contribution >= 4 is 11.9 Å². The van der Waals surface area contributed by atoms with Gasteiger partial charge in [0.2, 0.25) is 11.9 Å². The highest BCUT2D eigenvalue weighted by Crippen LogP contribution is 2.07. The molecule has 0 spiro atoms. The second kappa shape index (κ2) is 8.55. The molecule has 0 bridgehead atoms. The highest BCUT2D eigenvalue weighted by molar-refractivity contribution is 5.93. The van der Waals surface area contributed by atoms with Gasteiger partial charge in [-0.1, -0.05) is 13.8 Å². The van der Waals surface area contributed by atoms with E-state index in [1.807, 2.05) is 13.8 Å². The highest BCUT2D eigenvalue weighted by atomic mass is 16.5. The van der Waals surface area contributed by atoms with Crippen LogP contribution in [0.1, 0.15) is 38.1 Å². The van der Waals surface area contributed by atoms with Crippen LogP contribution < -0.4 is 11.1 Å². The molecule has 0 aliphatic heterocycles. The minimum Gasteiger partial charge on any atom is -0.385 e. The fourth-order valence-corrected chi connectivity index (χ4v) is 1.77. The third-order valence-electron chi connectivity index (χ3n) is 2.94. The normalized spacial score (nSPS) is 12.2. The lowest BCUT2D eigenvalue weighted by Gasteiger charge is -2.11. The second-order valence-corrected chi connectivity index (χ2v) is 4.47. The van der Waals surface area contributed by atoms with Gasteiger partial charge >= 0.3 is 0 Å². The van der Waals surface area contributed by atoms with Crippen LogP contribution >= 0.6 is 0 Å². The zero-order valence-corrected chi connectivity index (χ0v) is 12.3. The van der Waals surface area contributed by atoms with E-state index in [2.05, 4.69) is 20.5 Å². The molecule has 0 fully saturated rings. The average Bonchev–Trinajstić information content (AvgIpc) is 2.47. The monoisotopic (exact) mass is 281 g/mol. The molecule has 0 aliphatic rings. The highest BCUT2D eigenvalue weighted by Gasteiger charge is 2.15. The Bertz CT molecular complexity index is 439. The zero-order chi connectivity index (χ0) is 15.0. The summed E-state index contributed by atoms with van der Waals surface area (Å²) in [4.78, 5) is 16.2. The lowest BCUT2D eigenvalue weighted by atomic mass is 10.1. The summed E-state index contributed by atoms with van der Waals surface area (Å²) < 4.78 is 4.92. The van der Waals surface area contributed by atoms with Crippen LogP contribution in [0.4, 0.5) is 5.95 Å². The maximum atomic E-state index is 11.9. The second-order valence-electron chi connectivity index (χ2n) is 4.47. The smallest absolute Gasteiger partial charge is 0.249 e. The van der Waals surface area contributed by atoms with Crippen LogP contribution in [0.3, 0.4) is 0 Å². The van der Waals surface area contributed by atoms with Crippen LogP contribution in [0.25, 0.3) is 0 Å². The van der Waals surface area contributed by atoms with Gasteiger partial charge in [-0.15, -0.1) is 10.2 Å². The van der Waals surface area contributed by atoms with Crippen molar-refractivity contribution in [1.29, 1.82) is 0 Å². The third-order valence-corrected chi connectivity index (χ3v) is 2.94. The molecule has 112 valence electrons. The SMILES string of the molecule is CCc1nnc(NC(=O)C(N)CCCOC)nc1CC. The Morgan fingerprint density at radius 1 is 1.30 bits per heavy atom. The van der Waals surface area contributed by atoms with Crippen LogP contribution in [-0.4, -0.2) is 40.8 Å². The summed E-state index contributed by atoms with van der Waals surface area (Å²) in [7, 11) is 1.62. The molecular weight excluding hydrogens is 258 g/mol. The molecule has 1 rings (SSSR count). The first-order valence-electron chi connectivity index (χ1n) is 6.90. The van der Waals surface area contributed by atoms with Crippen molar-refractivity contribution in [3.63, 3.8) is 0 Å². The fourth-order valence-electron chi connectivity index (χ4n) is 1.77. The summed E-state index contributed by atoms with van der Waals surface area (Å²) in [5.41, 5.74) is 7.50. The van der Waals surface area contributed by atoms with Gasteiger partial charge in [0, 0.05) is 13.7 Å². The lowest BCUT2D eigenvalue weighted by molar-refractivity contribution is -0.117. The molecule has 0 saturated heterocycles. The average molecular weight is 281 g/mol. The summed E-state index contributed by atoms with van der Waals surface area (Å²) >= 11 is 0. The molecule has 0 saturated carbocycles. The van der Waals surface area contributed by atoms with E-state index in [9.17, 15) is 4.79 Å². The van der Waals surface area contributed by atoms with E-state index in [1.165, 1.54) is 0 Å². The van der Waals surface area contributed by atoms with E-state index >= 15 is 0 Å². The van der Waals surface area contributed by atoms with Gasteiger partial charge in [0.15, 0.2) is 0 Å². The maximum absolute atomic E-state index is 11.9. The Kier molecular flexibility index (Phi) is 7.03. The first-order chi connectivity index (χ1) is 9.62.